The average molecular weight is 272 g/mol. The highest BCUT2D eigenvalue weighted by atomic mass is 32.2. The van der Waals surface area contributed by atoms with Crippen LogP contribution in [0.2, 0.25) is 0 Å². The Labute approximate surface area is 111 Å². The number of unbranched alkanes of at least 4 members (excludes halogenated alkanes) is 1. The van der Waals surface area contributed by atoms with E-state index in [-0.39, 0.29) is 5.41 Å². The molecule has 1 aliphatic heterocycles. The molecule has 0 aromatic heterocycles. The summed E-state index contributed by atoms with van der Waals surface area (Å²) in [6.07, 6.45) is 4.50. The lowest BCUT2D eigenvalue weighted by molar-refractivity contribution is 0.407. The average Bonchev–Trinajstić information content (AvgIpc) is 2.30. The molecule has 0 atom stereocenters. The van der Waals surface area contributed by atoms with Crippen LogP contribution in [0.5, 0.6) is 0 Å². The molecule has 1 saturated heterocycles. The van der Waals surface area contributed by atoms with Crippen molar-refractivity contribution in [3.05, 3.63) is 0 Å². The van der Waals surface area contributed by atoms with Gasteiger partial charge in [-0.05, 0) is 46.1 Å². The van der Waals surface area contributed by atoms with Crippen LogP contribution in [0.25, 0.3) is 0 Å². The van der Waals surface area contributed by atoms with Crippen molar-refractivity contribution in [1.29, 1.82) is 5.26 Å². The number of rotatable bonds is 6. The third-order valence-electron chi connectivity index (χ3n) is 3.52. The Hall–Kier alpha value is -0.600. The van der Waals surface area contributed by atoms with E-state index in [0.717, 1.165) is 38.6 Å². The highest BCUT2D eigenvalue weighted by molar-refractivity contribution is 7.91. The molecule has 0 bridgehead atoms. The van der Waals surface area contributed by atoms with Crippen LogP contribution in [0, 0.1) is 16.7 Å². The highest BCUT2D eigenvalue weighted by Crippen LogP contribution is 2.21. The molecular formula is C13H24N2O2S. The predicted octanol–water partition coefficient (Wildman–Crippen LogP) is 1.87. The molecule has 1 fully saturated rings. The van der Waals surface area contributed by atoms with Crippen molar-refractivity contribution < 1.29 is 8.42 Å². The normalized spacial score (nSPS) is 20.5. The van der Waals surface area contributed by atoms with Crippen molar-refractivity contribution in [3.63, 3.8) is 0 Å². The Morgan fingerprint density at radius 2 is 1.89 bits per heavy atom. The van der Waals surface area contributed by atoms with Gasteiger partial charge in [0.25, 0.3) is 0 Å². The predicted molar refractivity (Wildman–Crippen MR) is 72.9 cm³/mol. The molecule has 104 valence electrons. The van der Waals surface area contributed by atoms with Crippen molar-refractivity contribution in [1.82, 2.24) is 5.32 Å². The molecule has 1 heterocycles. The second-order valence-corrected chi connectivity index (χ2v) is 8.14. The maximum atomic E-state index is 11.3. The minimum atomic E-state index is -2.75. The van der Waals surface area contributed by atoms with Crippen molar-refractivity contribution in [3.8, 4) is 6.07 Å². The van der Waals surface area contributed by atoms with Gasteiger partial charge in [-0.3, -0.25) is 0 Å². The van der Waals surface area contributed by atoms with E-state index in [1.165, 1.54) is 0 Å². The maximum Gasteiger partial charge on any atom is 0.150 e. The number of hydrogen-bond donors (Lipinski definition) is 1. The van der Waals surface area contributed by atoms with E-state index in [1.54, 1.807) is 0 Å². The minimum absolute atomic E-state index is 0.223. The molecule has 18 heavy (non-hydrogen) atoms. The molecule has 4 nitrogen and oxygen atoms in total. The van der Waals surface area contributed by atoms with Crippen LogP contribution in [0.1, 0.15) is 46.0 Å². The van der Waals surface area contributed by atoms with Crippen LogP contribution in [0.15, 0.2) is 0 Å². The van der Waals surface area contributed by atoms with Gasteiger partial charge in [0, 0.05) is 6.04 Å². The Balaban J connectivity index is 2.08. The zero-order valence-electron chi connectivity index (χ0n) is 11.4. The maximum absolute atomic E-state index is 11.3. The number of nitriles is 1. The molecule has 0 saturated carbocycles. The van der Waals surface area contributed by atoms with Gasteiger partial charge in [-0.2, -0.15) is 5.26 Å². The van der Waals surface area contributed by atoms with Crippen LogP contribution in [-0.2, 0) is 9.84 Å². The van der Waals surface area contributed by atoms with Crippen molar-refractivity contribution in [2.45, 2.75) is 52.0 Å². The zero-order valence-corrected chi connectivity index (χ0v) is 12.2. The molecule has 0 radical (unpaired) electrons. The Bertz CT molecular complexity index is 382. The highest BCUT2D eigenvalue weighted by Gasteiger charge is 2.22. The fourth-order valence-electron chi connectivity index (χ4n) is 2.15. The van der Waals surface area contributed by atoms with Crippen molar-refractivity contribution >= 4 is 9.84 Å². The molecule has 0 aromatic rings. The number of nitrogens with one attached hydrogen (secondary N) is 1. The van der Waals surface area contributed by atoms with Gasteiger partial charge in [0.05, 0.1) is 23.0 Å². The second-order valence-electron chi connectivity index (χ2n) is 5.83. The molecule has 0 aromatic carbocycles. The Morgan fingerprint density at radius 3 is 2.44 bits per heavy atom. The van der Waals surface area contributed by atoms with Crippen LogP contribution in [-0.4, -0.2) is 32.5 Å². The van der Waals surface area contributed by atoms with E-state index in [1.807, 2.05) is 13.8 Å². The van der Waals surface area contributed by atoms with Crippen molar-refractivity contribution in [2.24, 2.45) is 5.41 Å². The number of nitrogens with zero attached hydrogens (tertiary/aromatic N) is 1. The second kappa shape index (κ2) is 6.53. The van der Waals surface area contributed by atoms with Gasteiger partial charge in [0.2, 0.25) is 0 Å². The molecule has 1 aliphatic rings. The van der Waals surface area contributed by atoms with Gasteiger partial charge >= 0.3 is 0 Å². The first kappa shape index (κ1) is 15.5. The molecule has 0 aliphatic carbocycles. The summed E-state index contributed by atoms with van der Waals surface area (Å²) in [5, 5.41) is 12.3. The van der Waals surface area contributed by atoms with E-state index in [9.17, 15) is 8.42 Å². The Kier molecular flexibility index (Phi) is 5.61. The molecule has 0 spiro atoms. The third-order valence-corrected chi connectivity index (χ3v) is 5.23. The minimum Gasteiger partial charge on any atom is -0.314 e. The van der Waals surface area contributed by atoms with Gasteiger partial charge in [-0.15, -0.1) is 0 Å². The molecule has 5 heteroatoms. The molecule has 1 rings (SSSR count). The lowest BCUT2D eigenvalue weighted by Gasteiger charge is -2.23. The standard InChI is InChI=1S/C13H24N2O2S/c1-13(2,11-14)7-3-4-8-15-12-5-9-18(16,17)10-6-12/h12,15H,3-10H2,1-2H3. The lowest BCUT2D eigenvalue weighted by Crippen LogP contribution is -2.37. The molecule has 1 N–H and O–H groups in total. The summed E-state index contributed by atoms with van der Waals surface area (Å²) >= 11 is 0. The van der Waals surface area contributed by atoms with Crippen LogP contribution in [0.4, 0.5) is 0 Å². The molecule has 0 amide bonds. The van der Waals surface area contributed by atoms with Gasteiger partial charge in [-0.25, -0.2) is 8.42 Å². The van der Waals surface area contributed by atoms with Crippen LogP contribution >= 0.6 is 0 Å². The largest absolute Gasteiger partial charge is 0.314 e. The van der Waals surface area contributed by atoms with E-state index >= 15 is 0 Å². The quantitative estimate of drug-likeness (QED) is 0.749. The van der Waals surface area contributed by atoms with Gasteiger partial charge < -0.3 is 5.32 Å². The summed E-state index contributed by atoms with van der Waals surface area (Å²) in [7, 11) is -2.75. The van der Waals surface area contributed by atoms with Crippen LogP contribution in [0.3, 0.4) is 0 Å². The van der Waals surface area contributed by atoms with Gasteiger partial charge in [0.1, 0.15) is 9.84 Å². The summed E-state index contributed by atoms with van der Waals surface area (Å²) < 4.78 is 22.5. The van der Waals surface area contributed by atoms with E-state index in [0.29, 0.717) is 17.5 Å². The zero-order chi connectivity index (χ0) is 13.6. The van der Waals surface area contributed by atoms with Gasteiger partial charge in [0.15, 0.2) is 0 Å². The molecular weight excluding hydrogens is 248 g/mol. The first-order chi connectivity index (χ1) is 8.35. The summed E-state index contributed by atoms with van der Waals surface area (Å²) in [5.74, 6) is 0.651. The summed E-state index contributed by atoms with van der Waals surface area (Å²) in [4.78, 5) is 0. The molecule has 0 unspecified atom stereocenters. The summed E-state index contributed by atoms with van der Waals surface area (Å²) in [6.45, 7) is 4.85. The topological polar surface area (TPSA) is 70.0 Å². The first-order valence-corrected chi connectivity index (χ1v) is 8.52. The lowest BCUT2D eigenvalue weighted by atomic mass is 9.89. The van der Waals surface area contributed by atoms with Crippen molar-refractivity contribution in [2.75, 3.05) is 18.1 Å². The van der Waals surface area contributed by atoms with E-state index in [4.69, 9.17) is 5.26 Å². The monoisotopic (exact) mass is 272 g/mol. The van der Waals surface area contributed by atoms with E-state index < -0.39 is 9.84 Å². The summed E-state index contributed by atoms with van der Waals surface area (Å²) in [6, 6.07) is 2.66. The third kappa shape index (κ3) is 5.83. The fourth-order valence-corrected chi connectivity index (χ4v) is 3.64. The van der Waals surface area contributed by atoms with Gasteiger partial charge in [-0.1, -0.05) is 6.42 Å². The Morgan fingerprint density at radius 1 is 1.28 bits per heavy atom. The smallest absolute Gasteiger partial charge is 0.150 e. The first-order valence-electron chi connectivity index (χ1n) is 6.70. The fraction of sp³-hybridized carbons (Fsp3) is 0.923. The number of sulfone groups is 1. The number of hydrogen-bond acceptors (Lipinski definition) is 4. The summed E-state index contributed by atoms with van der Waals surface area (Å²) in [5.41, 5.74) is -0.223. The SMILES string of the molecule is CC(C)(C#N)CCCCNC1CCS(=O)(=O)CC1. The van der Waals surface area contributed by atoms with E-state index in [2.05, 4.69) is 11.4 Å². The van der Waals surface area contributed by atoms with Crippen LogP contribution < -0.4 is 5.32 Å².